The van der Waals surface area contributed by atoms with Crippen LogP contribution in [0.2, 0.25) is 0 Å². The Labute approximate surface area is 155 Å². The third-order valence-electron chi connectivity index (χ3n) is 6.53. The minimum Gasteiger partial charge on any atom is -0.379 e. The minimum atomic E-state index is -0.0158. The largest absolute Gasteiger partial charge is 0.379 e. The number of aromatic nitrogens is 2. The van der Waals surface area contributed by atoms with Gasteiger partial charge in [0, 0.05) is 42.8 Å². The Balaban J connectivity index is 1.22. The number of morpholine rings is 1. The summed E-state index contributed by atoms with van der Waals surface area (Å²) in [5.41, 5.74) is 2.72. The van der Waals surface area contributed by atoms with Crippen LogP contribution in [0.3, 0.4) is 0 Å². The van der Waals surface area contributed by atoms with Crippen molar-refractivity contribution in [2.24, 2.45) is 0 Å². The number of nitrogens with zero attached hydrogens (tertiary/aromatic N) is 2. The molecule has 1 saturated heterocycles. The fourth-order valence-electron chi connectivity index (χ4n) is 4.75. The normalized spacial score (nSPS) is 32.7. The molecule has 2 aliphatic carbocycles. The van der Waals surface area contributed by atoms with E-state index >= 15 is 0 Å². The highest BCUT2D eigenvalue weighted by Gasteiger charge is 2.37. The lowest BCUT2D eigenvalue weighted by Gasteiger charge is -2.47. The summed E-state index contributed by atoms with van der Waals surface area (Å²) in [6.07, 6.45) is 9.10. The van der Waals surface area contributed by atoms with Crippen LogP contribution in [0.15, 0.2) is 6.20 Å². The molecule has 2 heterocycles. The standard InChI is InChI=1S/C19H31N5O2/c1-19(24-8-10-26-11-9-24)6-4-15(5-7-19)21-18(25)22-16-3-2-14-13-20-23-17(14)12-16/h13,15-16H,2-12H2,1H3,(H,20,23)(H2,21,22,25). The van der Waals surface area contributed by atoms with Crippen molar-refractivity contribution >= 4 is 6.03 Å². The first-order chi connectivity index (χ1) is 12.6. The highest BCUT2D eigenvalue weighted by molar-refractivity contribution is 5.74. The number of aryl methyl sites for hydroxylation is 1. The predicted octanol–water partition coefficient (Wildman–Crippen LogP) is 1.60. The quantitative estimate of drug-likeness (QED) is 0.764. The Bertz CT molecular complexity index is 617. The number of hydrogen-bond acceptors (Lipinski definition) is 4. The molecule has 4 rings (SSSR count). The van der Waals surface area contributed by atoms with E-state index in [2.05, 4.69) is 32.7 Å². The lowest BCUT2D eigenvalue weighted by atomic mass is 9.79. The highest BCUT2D eigenvalue weighted by Crippen LogP contribution is 2.34. The maximum atomic E-state index is 12.4. The van der Waals surface area contributed by atoms with Crippen LogP contribution in [-0.2, 0) is 17.6 Å². The van der Waals surface area contributed by atoms with Gasteiger partial charge >= 0.3 is 6.03 Å². The zero-order valence-electron chi connectivity index (χ0n) is 15.7. The zero-order chi connectivity index (χ0) is 18.0. The van der Waals surface area contributed by atoms with Gasteiger partial charge in [0.1, 0.15) is 0 Å². The molecule has 0 aromatic carbocycles. The van der Waals surface area contributed by atoms with Gasteiger partial charge in [-0.3, -0.25) is 10.00 Å². The van der Waals surface area contributed by atoms with Gasteiger partial charge in [0.2, 0.25) is 0 Å². The number of hydrogen-bond donors (Lipinski definition) is 3. The van der Waals surface area contributed by atoms with E-state index in [4.69, 9.17) is 4.74 Å². The molecule has 1 atom stereocenters. The second kappa shape index (κ2) is 7.56. The van der Waals surface area contributed by atoms with E-state index in [1.807, 2.05) is 6.20 Å². The Morgan fingerprint density at radius 3 is 2.73 bits per heavy atom. The molecule has 1 saturated carbocycles. The van der Waals surface area contributed by atoms with Gasteiger partial charge in [-0.25, -0.2) is 4.79 Å². The Hall–Kier alpha value is -1.60. The summed E-state index contributed by atoms with van der Waals surface area (Å²) in [4.78, 5) is 15.0. The van der Waals surface area contributed by atoms with E-state index in [9.17, 15) is 4.79 Å². The van der Waals surface area contributed by atoms with Crippen molar-refractivity contribution < 1.29 is 9.53 Å². The molecular weight excluding hydrogens is 330 g/mol. The third kappa shape index (κ3) is 3.88. The maximum absolute atomic E-state index is 12.4. The van der Waals surface area contributed by atoms with Crippen molar-refractivity contribution in [3.05, 3.63) is 17.5 Å². The van der Waals surface area contributed by atoms with Crippen LogP contribution in [-0.4, -0.2) is 65.1 Å². The number of H-pyrrole nitrogens is 1. The van der Waals surface area contributed by atoms with Crippen LogP contribution in [0.4, 0.5) is 4.79 Å². The van der Waals surface area contributed by atoms with Gasteiger partial charge < -0.3 is 15.4 Å². The average molecular weight is 361 g/mol. The molecule has 7 nitrogen and oxygen atoms in total. The zero-order valence-corrected chi connectivity index (χ0v) is 15.7. The number of amides is 2. The molecule has 2 amide bonds. The number of aromatic amines is 1. The second-order valence-electron chi connectivity index (χ2n) is 8.30. The fraction of sp³-hybridized carbons (Fsp3) is 0.789. The van der Waals surface area contributed by atoms with Gasteiger partial charge in [0.15, 0.2) is 0 Å². The van der Waals surface area contributed by atoms with Crippen molar-refractivity contribution in [1.82, 2.24) is 25.7 Å². The lowest BCUT2D eigenvalue weighted by molar-refractivity contribution is -0.0320. The molecule has 2 fully saturated rings. The van der Waals surface area contributed by atoms with Crippen molar-refractivity contribution in [3.63, 3.8) is 0 Å². The van der Waals surface area contributed by atoms with E-state index in [0.717, 1.165) is 71.2 Å². The summed E-state index contributed by atoms with van der Waals surface area (Å²) in [6, 6.07) is 0.471. The van der Waals surface area contributed by atoms with Gasteiger partial charge in [-0.05, 0) is 51.0 Å². The van der Waals surface area contributed by atoms with Crippen LogP contribution >= 0.6 is 0 Å². The molecule has 144 valence electrons. The molecule has 7 heteroatoms. The Kier molecular flexibility index (Phi) is 5.18. The van der Waals surface area contributed by atoms with E-state index < -0.39 is 0 Å². The summed E-state index contributed by atoms with van der Waals surface area (Å²) >= 11 is 0. The number of carbonyl (C=O) groups excluding carboxylic acids is 1. The number of rotatable bonds is 3. The van der Waals surface area contributed by atoms with E-state index in [0.29, 0.717) is 0 Å². The van der Waals surface area contributed by atoms with Crippen molar-refractivity contribution in [1.29, 1.82) is 0 Å². The van der Waals surface area contributed by atoms with Crippen LogP contribution in [0.25, 0.3) is 0 Å². The van der Waals surface area contributed by atoms with Crippen LogP contribution in [0.1, 0.15) is 50.3 Å². The summed E-state index contributed by atoms with van der Waals surface area (Å²) in [5.74, 6) is 0. The summed E-state index contributed by atoms with van der Waals surface area (Å²) < 4.78 is 5.49. The molecule has 0 bridgehead atoms. The molecule has 26 heavy (non-hydrogen) atoms. The first-order valence-electron chi connectivity index (χ1n) is 10.0. The Morgan fingerprint density at radius 2 is 1.96 bits per heavy atom. The molecule has 1 aromatic heterocycles. The number of ether oxygens (including phenoxy) is 1. The van der Waals surface area contributed by atoms with E-state index in [1.54, 1.807) is 0 Å². The van der Waals surface area contributed by atoms with Gasteiger partial charge in [0.25, 0.3) is 0 Å². The minimum absolute atomic E-state index is 0.0158. The molecule has 3 N–H and O–H groups in total. The van der Waals surface area contributed by atoms with Gasteiger partial charge in [-0.15, -0.1) is 0 Å². The molecule has 0 spiro atoms. The van der Waals surface area contributed by atoms with E-state index in [-0.39, 0.29) is 23.7 Å². The highest BCUT2D eigenvalue weighted by atomic mass is 16.5. The number of urea groups is 1. The van der Waals surface area contributed by atoms with Crippen LogP contribution in [0, 0.1) is 0 Å². The monoisotopic (exact) mass is 361 g/mol. The fourth-order valence-corrected chi connectivity index (χ4v) is 4.75. The number of fused-ring (bicyclic) bond motifs is 1. The molecule has 1 aromatic rings. The van der Waals surface area contributed by atoms with Gasteiger partial charge in [-0.2, -0.15) is 5.10 Å². The van der Waals surface area contributed by atoms with Crippen LogP contribution in [0.5, 0.6) is 0 Å². The lowest BCUT2D eigenvalue weighted by Crippen LogP contribution is -2.56. The first-order valence-corrected chi connectivity index (χ1v) is 10.0. The van der Waals surface area contributed by atoms with Crippen LogP contribution < -0.4 is 10.6 Å². The van der Waals surface area contributed by atoms with Gasteiger partial charge in [-0.1, -0.05) is 0 Å². The van der Waals surface area contributed by atoms with Crippen molar-refractivity contribution in [3.8, 4) is 0 Å². The predicted molar refractivity (Wildman–Crippen MR) is 99.1 cm³/mol. The second-order valence-corrected chi connectivity index (χ2v) is 8.30. The van der Waals surface area contributed by atoms with Crippen molar-refractivity contribution in [2.75, 3.05) is 26.3 Å². The smallest absolute Gasteiger partial charge is 0.315 e. The molecular formula is C19H31N5O2. The van der Waals surface area contributed by atoms with Gasteiger partial charge in [0.05, 0.1) is 19.4 Å². The first kappa shape index (κ1) is 17.8. The maximum Gasteiger partial charge on any atom is 0.315 e. The average Bonchev–Trinajstić information content (AvgIpc) is 3.12. The van der Waals surface area contributed by atoms with E-state index in [1.165, 1.54) is 11.3 Å². The topological polar surface area (TPSA) is 82.3 Å². The van der Waals surface area contributed by atoms with Crippen molar-refractivity contribution in [2.45, 2.75) is 69.5 Å². The Morgan fingerprint density at radius 1 is 1.23 bits per heavy atom. The third-order valence-corrected chi connectivity index (χ3v) is 6.53. The number of nitrogens with one attached hydrogen (secondary N) is 3. The summed E-state index contributed by atoms with van der Waals surface area (Å²) in [5, 5.41) is 13.5. The number of carbonyl (C=O) groups is 1. The SMILES string of the molecule is CC1(N2CCOCC2)CCC(NC(=O)NC2CCc3cn[nH]c3C2)CC1. The molecule has 1 unspecified atom stereocenters. The summed E-state index contributed by atoms with van der Waals surface area (Å²) in [6.45, 7) is 6.13. The molecule has 1 aliphatic heterocycles. The molecule has 0 radical (unpaired) electrons. The molecule has 3 aliphatic rings. The summed E-state index contributed by atoms with van der Waals surface area (Å²) in [7, 11) is 0.